The van der Waals surface area contributed by atoms with Crippen molar-refractivity contribution in [3.05, 3.63) is 29.8 Å². The summed E-state index contributed by atoms with van der Waals surface area (Å²) in [6, 6.07) is 7.26. The lowest BCUT2D eigenvalue weighted by molar-refractivity contribution is 0.471. The van der Waals surface area contributed by atoms with Crippen molar-refractivity contribution in [2.45, 2.75) is 5.33 Å². The number of hydrogen-bond donors (Lipinski definition) is 1. The summed E-state index contributed by atoms with van der Waals surface area (Å²) in [6.45, 7) is 0. The smallest absolute Gasteiger partial charge is 0.119 e. The van der Waals surface area contributed by atoms with Crippen molar-refractivity contribution < 1.29 is 5.11 Å². The van der Waals surface area contributed by atoms with E-state index in [9.17, 15) is 0 Å². The van der Waals surface area contributed by atoms with Gasteiger partial charge in [-0.1, -0.05) is 34.1 Å². The summed E-state index contributed by atoms with van der Waals surface area (Å²) >= 11 is 3.25. The predicted octanol–water partition coefficient (Wildman–Crippen LogP) is 2.29. The molecule has 0 atom stereocenters. The first-order valence-electron chi connectivity index (χ1n) is 2.67. The molecular formula is C7H7BrO. The van der Waals surface area contributed by atoms with Gasteiger partial charge in [0.25, 0.3) is 0 Å². The molecule has 1 aromatic rings. The van der Waals surface area contributed by atoms with E-state index in [-0.39, 0.29) is 0 Å². The molecule has 0 bridgehead atoms. The Balaban J connectivity index is 3.01. The zero-order valence-electron chi connectivity index (χ0n) is 4.84. The minimum atomic E-state index is 0.356. The molecule has 0 spiro atoms. The first-order valence-corrected chi connectivity index (χ1v) is 3.79. The van der Waals surface area contributed by atoms with Gasteiger partial charge in [-0.2, -0.15) is 0 Å². The van der Waals surface area contributed by atoms with Gasteiger partial charge in [-0.05, 0) is 6.07 Å². The number of phenols is 1. The highest BCUT2D eigenvalue weighted by atomic mass is 79.9. The lowest BCUT2D eigenvalue weighted by Crippen LogP contribution is -1.75. The van der Waals surface area contributed by atoms with Crippen molar-refractivity contribution in [1.82, 2.24) is 0 Å². The van der Waals surface area contributed by atoms with E-state index in [1.165, 1.54) is 0 Å². The van der Waals surface area contributed by atoms with E-state index in [1.807, 2.05) is 18.2 Å². The molecule has 2 heteroatoms. The largest absolute Gasteiger partial charge is 0.508 e. The Kier molecular flexibility index (Phi) is 2.11. The third kappa shape index (κ3) is 1.45. The Bertz CT molecular complexity index is 198. The van der Waals surface area contributed by atoms with E-state index < -0.39 is 0 Å². The third-order valence-electron chi connectivity index (χ3n) is 1.14. The molecule has 0 fully saturated rings. The highest BCUT2D eigenvalue weighted by Crippen LogP contribution is 2.17. The van der Waals surface area contributed by atoms with Crippen molar-refractivity contribution in [3.63, 3.8) is 0 Å². The maximum atomic E-state index is 9.08. The third-order valence-corrected chi connectivity index (χ3v) is 1.74. The van der Waals surface area contributed by atoms with E-state index in [0.717, 1.165) is 5.56 Å². The molecule has 0 aliphatic heterocycles. The average molecular weight is 187 g/mol. The van der Waals surface area contributed by atoms with Crippen LogP contribution >= 0.6 is 15.9 Å². The fourth-order valence-electron chi connectivity index (χ4n) is 0.624. The van der Waals surface area contributed by atoms with Crippen LogP contribution in [0.3, 0.4) is 0 Å². The van der Waals surface area contributed by atoms with E-state index >= 15 is 0 Å². The van der Waals surface area contributed by atoms with Crippen LogP contribution in [0.15, 0.2) is 24.3 Å². The van der Waals surface area contributed by atoms with E-state index in [1.54, 1.807) is 6.07 Å². The number of para-hydroxylation sites is 1. The predicted molar refractivity (Wildman–Crippen MR) is 40.7 cm³/mol. The monoisotopic (exact) mass is 186 g/mol. The second-order valence-corrected chi connectivity index (χ2v) is 2.32. The molecule has 9 heavy (non-hydrogen) atoms. The van der Waals surface area contributed by atoms with Gasteiger partial charge in [0.15, 0.2) is 0 Å². The van der Waals surface area contributed by atoms with Crippen molar-refractivity contribution in [2.24, 2.45) is 0 Å². The van der Waals surface area contributed by atoms with Crippen molar-refractivity contribution in [3.8, 4) is 5.75 Å². The summed E-state index contributed by atoms with van der Waals surface area (Å²) in [5, 5.41) is 9.79. The summed E-state index contributed by atoms with van der Waals surface area (Å²) < 4.78 is 0. The number of aromatic hydroxyl groups is 1. The molecule has 1 aromatic carbocycles. The molecule has 0 radical (unpaired) electrons. The average Bonchev–Trinajstić information content (AvgIpc) is 1.89. The number of hydrogen-bond acceptors (Lipinski definition) is 1. The zero-order valence-corrected chi connectivity index (χ0v) is 6.43. The first-order chi connectivity index (χ1) is 4.34. The number of rotatable bonds is 1. The minimum absolute atomic E-state index is 0.356. The Morgan fingerprint density at radius 2 is 2.00 bits per heavy atom. The standard InChI is InChI=1S/C7H7BrO/c8-5-6-3-1-2-4-7(6)9/h1-4,9H,5H2. The molecule has 0 aromatic heterocycles. The molecule has 0 saturated carbocycles. The van der Waals surface area contributed by atoms with Gasteiger partial charge in [-0.3, -0.25) is 0 Å². The van der Waals surface area contributed by atoms with Gasteiger partial charge in [-0.15, -0.1) is 0 Å². The molecule has 0 heterocycles. The molecule has 0 unspecified atom stereocenters. The molecule has 1 rings (SSSR count). The lowest BCUT2D eigenvalue weighted by Gasteiger charge is -1.96. The van der Waals surface area contributed by atoms with Crippen molar-refractivity contribution >= 4 is 15.9 Å². The van der Waals surface area contributed by atoms with Crippen LogP contribution in [0.4, 0.5) is 0 Å². The van der Waals surface area contributed by atoms with E-state index in [0.29, 0.717) is 11.1 Å². The molecule has 48 valence electrons. The highest BCUT2D eigenvalue weighted by molar-refractivity contribution is 9.08. The van der Waals surface area contributed by atoms with Crippen LogP contribution in [0.1, 0.15) is 5.56 Å². The number of phenolic OH excluding ortho intramolecular Hbond substituents is 1. The number of alkyl halides is 1. The summed E-state index contributed by atoms with van der Waals surface area (Å²) in [6.07, 6.45) is 0. The van der Waals surface area contributed by atoms with Crippen LogP contribution in [0.2, 0.25) is 0 Å². The zero-order chi connectivity index (χ0) is 6.69. The first kappa shape index (κ1) is 6.62. The van der Waals surface area contributed by atoms with Crippen molar-refractivity contribution in [2.75, 3.05) is 0 Å². The normalized spacial score (nSPS) is 9.44. The van der Waals surface area contributed by atoms with Gasteiger partial charge >= 0.3 is 0 Å². The van der Waals surface area contributed by atoms with Crippen LogP contribution in [0.25, 0.3) is 0 Å². The lowest BCUT2D eigenvalue weighted by atomic mass is 10.2. The van der Waals surface area contributed by atoms with E-state index in [2.05, 4.69) is 15.9 Å². The van der Waals surface area contributed by atoms with Crippen LogP contribution in [0.5, 0.6) is 5.75 Å². The molecule has 0 aliphatic carbocycles. The van der Waals surface area contributed by atoms with Crippen LogP contribution in [-0.4, -0.2) is 5.11 Å². The Morgan fingerprint density at radius 3 is 2.44 bits per heavy atom. The quantitative estimate of drug-likeness (QED) is 0.668. The fourth-order valence-corrected chi connectivity index (χ4v) is 1.10. The highest BCUT2D eigenvalue weighted by Gasteiger charge is 1.93. The molecule has 0 saturated heterocycles. The Hall–Kier alpha value is -0.500. The second kappa shape index (κ2) is 2.87. The van der Waals surface area contributed by atoms with Crippen LogP contribution in [0, 0.1) is 0 Å². The Morgan fingerprint density at radius 1 is 1.33 bits per heavy atom. The Labute approximate surface area is 62.5 Å². The fraction of sp³-hybridized carbons (Fsp3) is 0.143. The molecule has 0 aliphatic rings. The van der Waals surface area contributed by atoms with Gasteiger partial charge in [0.1, 0.15) is 5.75 Å². The molecule has 0 amide bonds. The van der Waals surface area contributed by atoms with Gasteiger partial charge in [-0.25, -0.2) is 0 Å². The molecule has 1 N–H and O–H groups in total. The molecule has 1 nitrogen and oxygen atoms in total. The second-order valence-electron chi connectivity index (χ2n) is 1.76. The summed E-state index contributed by atoms with van der Waals surface area (Å²) in [5.41, 5.74) is 0.928. The summed E-state index contributed by atoms with van der Waals surface area (Å²) in [7, 11) is 0. The summed E-state index contributed by atoms with van der Waals surface area (Å²) in [5.74, 6) is 0.356. The maximum absolute atomic E-state index is 9.08. The van der Waals surface area contributed by atoms with Gasteiger partial charge < -0.3 is 5.11 Å². The number of benzene rings is 1. The topological polar surface area (TPSA) is 20.2 Å². The van der Waals surface area contributed by atoms with Crippen LogP contribution in [-0.2, 0) is 5.33 Å². The van der Waals surface area contributed by atoms with Gasteiger partial charge in [0, 0.05) is 10.9 Å². The van der Waals surface area contributed by atoms with E-state index in [4.69, 9.17) is 5.11 Å². The van der Waals surface area contributed by atoms with Gasteiger partial charge in [0.05, 0.1) is 0 Å². The van der Waals surface area contributed by atoms with Crippen LogP contribution < -0.4 is 0 Å². The minimum Gasteiger partial charge on any atom is -0.508 e. The maximum Gasteiger partial charge on any atom is 0.119 e. The van der Waals surface area contributed by atoms with Crippen molar-refractivity contribution in [1.29, 1.82) is 0 Å². The van der Waals surface area contributed by atoms with Gasteiger partial charge in [0.2, 0.25) is 0 Å². The molecular weight excluding hydrogens is 180 g/mol. The SMILES string of the molecule is Oc1ccccc1CBr. The summed E-state index contributed by atoms with van der Waals surface area (Å²) in [4.78, 5) is 0. The number of halogens is 1.